The summed E-state index contributed by atoms with van der Waals surface area (Å²) in [5.41, 5.74) is 19.2. The Balaban J connectivity index is 0.975. The Kier molecular flexibility index (Phi) is 14.3. The summed E-state index contributed by atoms with van der Waals surface area (Å²) in [5, 5.41) is 5.89. The highest BCUT2D eigenvalue weighted by atomic mass is 19.1. The molecule has 0 spiro atoms. The lowest BCUT2D eigenvalue weighted by molar-refractivity contribution is 0.629. The first-order valence-electron chi connectivity index (χ1n) is 31.2. The molecule has 0 aliphatic rings. The molecular weight excluding hydrogens is 1120 g/mol. The molecule has 0 bridgehead atoms. The normalized spacial score (nSPS) is 11.4. The fourth-order valence-electron chi connectivity index (χ4n) is 14.0. The number of benzene rings is 16. The van der Waals surface area contributed by atoms with E-state index < -0.39 is 0 Å². The number of anilines is 6. The summed E-state index contributed by atoms with van der Waals surface area (Å²) >= 11 is 0. The van der Waals surface area contributed by atoms with Crippen molar-refractivity contribution in [2.45, 2.75) is 0 Å². The number of para-hydroxylation sites is 2. The lowest BCUT2D eigenvalue weighted by atomic mass is 9.84. The Bertz CT molecular complexity index is 5010. The molecule has 0 radical (unpaired) electrons. The molecule has 2 nitrogen and oxygen atoms in total. The van der Waals surface area contributed by atoms with E-state index in [9.17, 15) is 0 Å². The van der Waals surface area contributed by atoms with Gasteiger partial charge in [0.15, 0.2) is 0 Å². The second-order valence-corrected chi connectivity index (χ2v) is 23.2. The first-order valence-corrected chi connectivity index (χ1v) is 31.2. The predicted octanol–water partition coefficient (Wildman–Crippen LogP) is 25.1. The second kappa shape index (κ2) is 23.8. The molecule has 16 aromatic carbocycles. The third-order valence-corrected chi connectivity index (χ3v) is 18.0. The van der Waals surface area contributed by atoms with Crippen LogP contribution in [0.25, 0.3) is 121 Å². The van der Waals surface area contributed by atoms with Gasteiger partial charge in [-0.3, -0.25) is 0 Å². The minimum Gasteiger partial charge on any atom is -0.307 e. The topological polar surface area (TPSA) is 6.48 Å². The zero-order chi connectivity index (χ0) is 61.5. The van der Waals surface area contributed by atoms with Crippen LogP contribution in [0, 0.1) is 11.6 Å². The monoisotopic (exact) mass is 1180 g/mol. The van der Waals surface area contributed by atoms with Gasteiger partial charge >= 0.3 is 0 Å². The molecule has 4 heteroatoms. The smallest absolute Gasteiger partial charge is 0.147 e. The standard InChI is InChI=1S/C88H58F2N2/c89-79-55-53-75(71-43-23-19-39-67(71)59-27-7-1-8-28-59)85(73-45-25-21-41-69(73)61-31-11-3-12-32-61)87(79)91(65-35-15-5-16-36-65)81-57-49-63-48-52-78-82(58-50-64-47-51-77(81)83(63)84(64)78)92(66-37-17-6-18-38-66)88-80(90)56-54-76(72-44-24-20-40-68(72)60-29-9-2-10-30-60)86(88)74-46-26-22-42-70(74)62-33-13-4-14-34-62/h1-58H. The van der Waals surface area contributed by atoms with Crippen molar-refractivity contribution >= 4 is 66.4 Å². The van der Waals surface area contributed by atoms with Crippen LogP contribution in [0.5, 0.6) is 0 Å². The summed E-state index contributed by atoms with van der Waals surface area (Å²) in [6, 6.07) is 120. The molecule has 16 aromatic rings. The second-order valence-electron chi connectivity index (χ2n) is 23.2. The molecule has 0 atom stereocenters. The van der Waals surface area contributed by atoms with E-state index in [0.29, 0.717) is 11.4 Å². The fraction of sp³-hybridized carbons (Fsp3) is 0. The summed E-state index contributed by atoms with van der Waals surface area (Å²) in [4.78, 5) is 4.27. The highest BCUT2D eigenvalue weighted by Gasteiger charge is 2.32. The molecule has 0 fully saturated rings. The van der Waals surface area contributed by atoms with Crippen molar-refractivity contribution in [1.82, 2.24) is 0 Å². The molecule has 0 aliphatic carbocycles. The minimum atomic E-state index is -0.376. The Morgan fingerprint density at radius 2 is 0.457 bits per heavy atom. The van der Waals surface area contributed by atoms with Gasteiger partial charge in [0.1, 0.15) is 11.6 Å². The van der Waals surface area contributed by atoms with Gasteiger partial charge in [0.2, 0.25) is 0 Å². The molecule has 16 rings (SSSR count). The van der Waals surface area contributed by atoms with Crippen molar-refractivity contribution in [2.24, 2.45) is 0 Å². The van der Waals surface area contributed by atoms with Gasteiger partial charge in [-0.2, -0.15) is 0 Å². The van der Waals surface area contributed by atoms with Gasteiger partial charge in [-0.1, -0.05) is 303 Å². The van der Waals surface area contributed by atoms with Crippen molar-refractivity contribution in [3.63, 3.8) is 0 Å². The highest BCUT2D eigenvalue weighted by Crippen LogP contribution is 2.56. The lowest BCUT2D eigenvalue weighted by Crippen LogP contribution is -2.15. The zero-order valence-electron chi connectivity index (χ0n) is 50.1. The van der Waals surface area contributed by atoms with Crippen molar-refractivity contribution in [2.75, 3.05) is 9.80 Å². The summed E-state index contributed by atoms with van der Waals surface area (Å²) in [7, 11) is 0. The molecule has 434 valence electrons. The molecule has 92 heavy (non-hydrogen) atoms. The molecule has 0 saturated heterocycles. The van der Waals surface area contributed by atoms with Gasteiger partial charge in [-0.15, -0.1) is 0 Å². The minimum absolute atomic E-state index is 0.376. The average molecular weight is 1180 g/mol. The van der Waals surface area contributed by atoms with E-state index in [2.05, 4.69) is 277 Å². The van der Waals surface area contributed by atoms with E-state index in [0.717, 1.165) is 144 Å². The van der Waals surface area contributed by atoms with Crippen molar-refractivity contribution in [3.8, 4) is 89.0 Å². The van der Waals surface area contributed by atoms with Crippen molar-refractivity contribution in [1.29, 1.82) is 0 Å². The van der Waals surface area contributed by atoms with Crippen LogP contribution < -0.4 is 9.80 Å². The SMILES string of the molecule is Fc1ccc(-c2ccccc2-c2ccccc2)c(-c2ccccc2-c2ccccc2)c1N(c1ccccc1)c1ccc2ccc3c(N(c4ccccc4)c4c(F)ccc(-c5ccccc5-c5ccccc5)c4-c4ccccc4-c4ccccc4)ccc4ccc1c2c43. The molecule has 0 N–H and O–H groups in total. The van der Waals surface area contributed by atoms with E-state index in [1.165, 1.54) is 0 Å². The summed E-state index contributed by atoms with van der Waals surface area (Å²) < 4.78 is 37.1. The maximum atomic E-state index is 18.5. The quantitative estimate of drug-likeness (QED) is 0.100. The van der Waals surface area contributed by atoms with E-state index in [4.69, 9.17) is 0 Å². The average Bonchev–Trinajstić information content (AvgIpc) is 0.726. The zero-order valence-corrected chi connectivity index (χ0v) is 50.1. The number of rotatable bonds is 14. The van der Waals surface area contributed by atoms with Gasteiger partial charge in [-0.25, -0.2) is 8.78 Å². The predicted molar refractivity (Wildman–Crippen MR) is 383 cm³/mol. The van der Waals surface area contributed by atoms with Gasteiger partial charge < -0.3 is 9.80 Å². The summed E-state index contributed by atoms with van der Waals surface area (Å²) in [6.45, 7) is 0. The van der Waals surface area contributed by atoms with Gasteiger partial charge in [-0.05, 0) is 148 Å². The number of hydrogen-bond donors (Lipinski definition) is 0. The van der Waals surface area contributed by atoms with E-state index in [1.807, 2.05) is 72.8 Å². The number of nitrogens with zero attached hydrogens (tertiary/aromatic N) is 2. The van der Waals surface area contributed by atoms with Crippen LogP contribution in [0.4, 0.5) is 42.9 Å². The molecule has 0 aliphatic heterocycles. The maximum Gasteiger partial charge on any atom is 0.147 e. The van der Waals surface area contributed by atoms with Crippen molar-refractivity contribution in [3.05, 3.63) is 363 Å². The van der Waals surface area contributed by atoms with Crippen LogP contribution in [0.15, 0.2) is 352 Å². The van der Waals surface area contributed by atoms with Crippen LogP contribution in [0.1, 0.15) is 0 Å². The Hall–Kier alpha value is -12.0. The van der Waals surface area contributed by atoms with Crippen LogP contribution in [-0.4, -0.2) is 0 Å². The molecule has 0 amide bonds. The molecular formula is C88H58F2N2. The highest BCUT2D eigenvalue weighted by molar-refractivity contribution is 6.28. The first kappa shape index (κ1) is 55.3. The Morgan fingerprint density at radius 1 is 0.196 bits per heavy atom. The number of halogens is 2. The van der Waals surface area contributed by atoms with E-state index in [1.54, 1.807) is 12.1 Å². The largest absolute Gasteiger partial charge is 0.307 e. The van der Waals surface area contributed by atoms with Crippen LogP contribution in [0.3, 0.4) is 0 Å². The van der Waals surface area contributed by atoms with Crippen LogP contribution in [-0.2, 0) is 0 Å². The molecule has 0 aromatic heterocycles. The molecule has 0 heterocycles. The van der Waals surface area contributed by atoms with E-state index >= 15 is 8.78 Å². The first-order chi connectivity index (χ1) is 45.6. The van der Waals surface area contributed by atoms with Gasteiger partial charge in [0.05, 0.1) is 22.7 Å². The van der Waals surface area contributed by atoms with Crippen molar-refractivity contribution < 1.29 is 8.78 Å². The lowest BCUT2D eigenvalue weighted by Gasteiger charge is -2.32. The number of hydrogen-bond acceptors (Lipinski definition) is 2. The summed E-state index contributed by atoms with van der Waals surface area (Å²) in [5.74, 6) is -0.751. The molecule has 0 saturated carbocycles. The van der Waals surface area contributed by atoms with Gasteiger partial charge in [0.25, 0.3) is 0 Å². The van der Waals surface area contributed by atoms with Crippen LogP contribution >= 0.6 is 0 Å². The third kappa shape index (κ3) is 9.74. The Labute approximate surface area is 534 Å². The Morgan fingerprint density at radius 3 is 0.783 bits per heavy atom. The summed E-state index contributed by atoms with van der Waals surface area (Å²) in [6.07, 6.45) is 0. The third-order valence-electron chi connectivity index (χ3n) is 18.0. The van der Waals surface area contributed by atoms with Gasteiger partial charge in [0, 0.05) is 33.3 Å². The molecule has 0 unspecified atom stereocenters. The van der Waals surface area contributed by atoms with Crippen LogP contribution in [0.2, 0.25) is 0 Å². The fourth-order valence-corrected chi connectivity index (χ4v) is 14.0. The van der Waals surface area contributed by atoms with E-state index in [-0.39, 0.29) is 11.6 Å². The maximum absolute atomic E-state index is 18.5.